The zero-order valence-corrected chi connectivity index (χ0v) is 15.3. The SMILES string of the molecule is Cc1cc(=O)n2c(n1)NC(=NCc1ccc(Cl)cc1)N[C@@H]2c1cccnc1. The molecule has 8 heteroatoms. The topological polar surface area (TPSA) is 84.2 Å². The van der Waals surface area contributed by atoms with Crippen LogP contribution >= 0.6 is 11.6 Å². The third-order valence-electron chi connectivity index (χ3n) is 4.18. The molecule has 0 aliphatic carbocycles. The van der Waals surface area contributed by atoms with Crippen molar-refractivity contribution in [3.8, 4) is 0 Å². The molecule has 0 radical (unpaired) electrons. The van der Waals surface area contributed by atoms with Crippen LogP contribution in [0.15, 0.2) is 64.6 Å². The van der Waals surface area contributed by atoms with E-state index in [9.17, 15) is 4.79 Å². The van der Waals surface area contributed by atoms with Crippen molar-refractivity contribution in [2.24, 2.45) is 4.99 Å². The molecule has 136 valence electrons. The number of aryl methyl sites for hydroxylation is 1. The Bertz CT molecular complexity index is 1050. The smallest absolute Gasteiger partial charge is 0.257 e. The van der Waals surface area contributed by atoms with Crippen molar-refractivity contribution in [2.75, 3.05) is 5.32 Å². The van der Waals surface area contributed by atoms with Crippen molar-refractivity contribution in [2.45, 2.75) is 19.6 Å². The predicted molar refractivity (Wildman–Crippen MR) is 105 cm³/mol. The van der Waals surface area contributed by atoms with Gasteiger partial charge in [-0.1, -0.05) is 29.8 Å². The van der Waals surface area contributed by atoms with Gasteiger partial charge in [0.25, 0.3) is 5.56 Å². The Morgan fingerprint density at radius 1 is 1.26 bits per heavy atom. The first-order valence-electron chi connectivity index (χ1n) is 8.43. The van der Waals surface area contributed by atoms with Crippen molar-refractivity contribution in [1.82, 2.24) is 19.9 Å². The molecule has 0 fully saturated rings. The number of aliphatic imine (C=N–C) groups is 1. The lowest BCUT2D eigenvalue weighted by Crippen LogP contribution is -2.48. The Kier molecular flexibility index (Phi) is 4.60. The lowest BCUT2D eigenvalue weighted by Gasteiger charge is -2.30. The average molecular weight is 381 g/mol. The fourth-order valence-electron chi connectivity index (χ4n) is 2.89. The summed E-state index contributed by atoms with van der Waals surface area (Å²) < 4.78 is 1.56. The molecule has 2 aromatic heterocycles. The number of anilines is 1. The molecule has 27 heavy (non-hydrogen) atoms. The van der Waals surface area contributed by atoms with Crippen LogP contribution in [0.2, 0.25) is 5.02 Å². The van der Waals surface area contributed by atoms with Crippen molar-refractivity contribution < 1.29 is 0 Å². The molecule has 1 aromatic carbocycles. The van der Waals surface area contributed by atoms with E-state index >= 15 is 0 Å². The van der Waals surface area contributed by atoms with E-state index in [1.807, 2.05) is 36.4 Å². The molecule has 3 heterocycles. The Balaban J connectivity index is 1.71. The number of fused-ring (bicyclic) bond motifs is 1. The predicted octanol–water partition coefficient (Wildman–Crippen LogP) is 2.72. The van der Waals surface area contributed by atoms with E-state index in [0.717, 1.165) is 11.1 Å². The molecule has 0 spiro atoms. The van der Waals surface area contributed by atoms with Gasteiger partial charge >= 0.3 is 0 Å². The highest BCUT2D eigenvalue weighted by molar-refractivity contribution is 6.30. The Labute approximate surface area is 160 Å². The van der Waals surface area contributed by atoms with Crippen LogP contribution in [0, 0.1) is 6.92 Å². The molecular weight excluding hydrogens is 364 g/mol. The summed E-state index contributed by atoms with van der Waals surface area (Å²) in [4.78, 5) is 25.8. The van der Waals surface area contributed by atoms with Crippen molar-refractivity contribution in [1.29, 1.82) is 0 Å². The summed E-state index contributed by atoms with van der Waals surface area (Å²) in [6.07, 6.45) is 2.96. The lowest BCUT2D eigenvalue weighted by atomic mass is 10.2. The van der Waals surface area contributed by atoms with Crippen molar-refractivity contribution in [3.63, 3.8) is 0 Å². The molecule has 3 aromatic rings. The Hall–Kier alpha value is -3.19. The summed E-state index contributed by atoms with van der Waals surface area (Å²) in [6, 6.07) is 12.8. The zero-order chi connectivity index (χ0) is 18.8. The van der Waals surface area contributed by atoms with E-state index in [1.54, 1.807) is 23.9 Å². The van der Waals surface area contributed by atoms with Gasteiger partial charge in [0.15, 0.2) is 5.96 Å². The van der Waals surface area contributed by atoms with Gasteiger partial charge in [-0.15, -0.1) is 0 Å². The number of aromatic nitrogens is 3. The first-order valence-corrected chi connectivity index (χ1v) is 8.80. The van der Waals surface area contributed by atoms with Crippen molar-refractivity contribution >= 4 is 23.5 Å². The third kappa shape index (κ3) is 3.68. The summed E-state index contributed by atoms with van der Waals surface area (Å²) in [5, 5.41) is 7.05. The van der Waals surface area contributed by atoms with Gasteiger partial charge in [0.05, 0.1) is 6.54 Å². The normalized spacial score (nSPS) is 17.1. The van der Waals surface area contributed by atoms with Gasteiger partial charge in [0.2, 0.25) is 5.95 Å². The molecule has 0 amide bonds. The van der Waals surface area contributed by atoms with Gasteiger partial charge in [-0.2, -0.15) is 0 Å². The number of hydrogen-bond acceptors (Lipinski definition) is 4. The monoisotopic (exact) mass is 380 g/mol. The number of guanidine groups is 1. The summed E-state index contributed by atoms with van der Waals surface area (Å²) in [5.41, 5.74) is 2.35. The minimum Gasteiger partial charge on any atom is -0.331 e. The molecule has 0 saturated heterocycles. The molecule has 7 nitrogen and oxygen atoms in total. The molecule has 0 unspecified atom stereocenters. The molecule has 0 saturated carbocycles. The molecule has 2 N–H and O–H groups in total. The highest BCUT2D eigenvalue weighted by atomic mass is 35.5. The number of benzene rings is 1. The molecule has 4 rings (SSSR count). The van der Waals surface area contributed by atoms with Gasteiger partial charge in [-0.05, 0) is 30.7 Å². The van der Waals surface area contributed by atoms with Crippen LogP contribution in [-0.4, -0.2) is 20.5 Å². The van der Waals surface area contributed by atoms with Crippen molar-refractivity contribution in [3.05, 3.63) is 87.1 Å². The third-order valence-corrected chi connectivity index (χ3v) is 4.43. The minimum atomic E-state index is -0.445. The van der Waals surface area contributed by atoms with Gasteiger partial charge in [0.1, 0.15) is 6.17 Å². The fraction of sp³-hybridized carbons (Fsp3) is 0.158. The second-order valence-electron chi connectivity index (χ2n) is 6.18. The van der Waals surface area contributed by atoms with E-state index in [4.69, 9.17) is 11.6 Å². The molecular formula is C19H17ClN6O. The number of hydrogen-bond donors (Lipinski definition) is 2. The largest absolute Gasteiger partial charge is 0.331 e. The number of pyridine rings is 1. The van der Waals surface area contributed by atoms with E-state index in [2.05, 4.69) is 25.6 Å². The molecule has 0 bridgehead atoms. The standard InChI is InChI=1S/C19H17ClN6O/c1-12-9-16(27)26-17(14-3-2-8-21-11-14)24-18(25-19(26)23-12)22-10-13-4-6-15(20)7-5-13/h2-9,11,17H,10H2,1H3,(H2,22,23,24,25)/t17-/m0/s1. The van der Waals surface area contributed by atoms with Crippen LogP contribution in [0.4, 0.5) is 5.95 Å². The van der Waals surface area contributed by atoms with Crippen LogP contribution in [0.3, 0.4) is 0 Å². The van der Waals surface area contributed by atoms with E-state index in [1.165, 1.54) is 6.07 Å². The second kappa shape index (κ2) is 7.20. The Morgan fingerprint density at radius 2 is 2.07 bits per heavy atom. The van der Waals surface area contributed by atoms with Crippen LogP contribution in [0.5, 0.6) is 0 Å². The van der Waals surface area contributed by atoms with Crippen LogP contribution < -0.4 is 16.2 Å². The van der Waals surface area contributed by atoms with E-state index < -0.39 is 6.17 Å². The molecule has 1 atom stereocenters. The van der Waals surface area contributed by atoms with Crippen LogP contribution in [0.25, 0.3) is 0 Å². The number of nitrogens with zero attached hydrogens (tertiary/aromatic N) is 4. The van der Waals surface area contributed by atoms with Gasteiger partial charge in [0, 0.05) is 34.7 Å². The van der Waals surface area contributed by atoms with Gasteiger partial charge in [-0.25, -0.2) is 9.98 Å². The molecule has 1 aliphatic heterocycles. The number of halogens is 1. The fourth-order valence-corrected chi connectivity index (χ4v) is 3.02. The highest BCUT2D eigenvalue weighted by Crippen LogP contribution is 2.21. The summed E-state index contributed by atoms with van der Waals surface area (Å²) in [7, 11) is 0. The van der Waals surface area contributed by atoms with E-state index in [0.29, 0.717) is 29.2 Å². The number of nitrogens with one attached hydrogen (secondary N) is 2. The van der Waals surface area contributed by atoms with Gasteiger partial charge < -0.3 is 5.32 Å². The summed E-state index contributed by atoms with van der Waals surface area (Å²) >= 11 is 5.93. The number of rotatable bonds is 3. The van der Waals surface area contributed by atoms with E-state index in [-0.39, 0.29) is 5.56 Å². The minimum absolute atomic E-state index is 0.150. The average Bonchev–Trinajstić information content (AvgIpc) is 2.67. The first kappa shape index (κ1) is 17.2. The second-order valence-corrected chi connectivity index (χ2v) is 6.62. The maximum Gasteiger partial charge on any atom is 0.257 e. The molecule has 1 aliphatic rings. The summed E-state index contributed by atoms with van der Waals surface area (Å²) in [5.74, 6) is 0.985. The van der Waals surface area contributed by atoms with Crippen LogP contribution in [0.1, 0.15) is 23.0 Å². The maximum atomic E-state index is 12.6. The maximum absolute atomic E-state index is 12.6. The highest BCUT2D eigenvalue weighted by Gasteiger charge is 2.26. The first-order chi connectivity index (χ1) is 13.1. The quantitative estimate of drug-likeness (QED) is 0.729. The zero-order valence-electron chi connectivity index (χ0n) is 14.6. The lowest BCUT2D eigenvalue weighted by molar-refractivity contribution is 0.513. The van der Waals surface area contributed by atoms with Crippen LogP contribution in [-0.2, 0) is 6.54 Å². The Morgan fingerprint density at radius 3 is 2.81 bits per heavy atom. The van der Waals surface area contributed by atoms with Gasteiger partial charge in [-0.3, -0.25) is 19.7 Å². The summed E-state index contributed by atoms with van der Waals surface area (Å²) in [6.45, 7) is 2.25.